The lowest BCUT2D eigenvalue weighted by Gasteiger charge is -2.26. The van der Waals surface area contributed by atoms with Crippen LogP contribution in [0.25, 0.3) is 0 Å². The Morgan fingerprint density at radius 3 is 2.40 bits per heavy atom. The summed E-state index contributed by atoms with van der Waals surface area (Å²) in [6.45, 7) is 8.44. The van der Waals surface area contributed by atoms with Gasteiger partial charge in [0.1, 0.15) is 0 Å². The number of nitrogens with two attached hydrogens (primary N) is 1. The van der Waals surface area contributed by atoms with Crippen molar-refractivity contribution in [1.82, 2.24) is 15.0 Å². The van der Waals surface area contributed by atoms with Crippen LogP contribution in [0.4, 0.5) is 17.8 Å². The standard InChI is InChI=1S/C13H25N7/c1-4-7-13(2,3)18-10-15-11(19-14)17-12(16-10)20-8-5-6-9-20/h4-9,14H2,1-3H3,(H2,15,16,17,18,19). The van der Waals surface area contributed by atoms with Crippen molar-refractivity contribution in [2.24, 2.45) is 5.84 Å². The minimum absolute atomic E-state index is 0.0513. The molecule has 0 unspecified atom stereocenters. The lowest BCUT2D eigenvalue weighted by Crippen LogP contribution is -2.32. The molecule has 1 aromatic heterocycles. The maximum absolute atomic E-state index is 5.46. The topological polar surface area (TPSA) is 92.0 Å². The highest BCUT2D eigenvalue weighted by atomic mass is 15.4. The monoisotopic (exact) mass is 279 g/mol. The smallest absolute Gasteiger partial charge is 0.243 e. The molecule has 0 bridgehead atoms. The molecule has 2 heterocycles. The summed E-state index contributed by atoms with van der Waals surface area (Å²) >= 11 is 0. The highest BCUT2D eigenvalue weighted by molar-refractivity contribution is 5.44. The number of aromatic nitrogens is 3. The predicted octanol–water partition coefficient (Wildman–Crippen LogP) is 1.75. The molecule has 1 fully saturated rings. The first-order valence-electron chi connectivity index (χ1n) is 7.30. The van der Waals surface area contributed by atoms with Crippen LogP contribution in [0.15, 0.2) is 0 Å². The van der Waals surface area contributed by atoms with E-state index in [0.29, 0.717) is 17.8 Å². The lowest BCUT2D eigenvalue weighted by molar-refractivity contribution is 0.506. The normalized spacial score (nSPS) is 15.5. The highest BCUT2D eigenvalue weighted by Crippen LogP contribution is 2.21. The molecular formula is C13H25N7. The first-order chi connectivity index (χ1) is 9.54. The van der Waals surface area contributed by atoms with E-state index in [2.05, 4.69) is 51.4 Å². The predicted molar refractivity (Wildman–Crippen MR) is 81.7 cm³/mol. The number of nitrogens with zero attached hydrogens (tertiary/aromatic N) is 4. The van der Waals surface area contributed by atoms with Gasteiger partial charge in [-0.05, 0) is 33.1 Å². The third-order valence-corrected chi connectivity index (χ3v) is 3.47. The van der Waals surface area contributed by atoms with Crippen molar-refractivity contribution in [3.8, 4) is 0 Å². The van der Waals surface area contributed by atoms with Gasteiger partial charge in [0.2, 0.25) is 17.8 Å². The zero-order valence-corrected chi connectivity index (χ0v) is 12.6. The summed E-state index contributed by atoms with van der Waals surface area (Å²) in [7, 11) is 0. The summed E-state index contributed by atoms with van der Waals surface area (Å²) in [4.78, 5) is 15.3. The van der Waals surface area contributed by atoms with Crippen LogP contribution >= 0.6 is 0 Å². The fourth-order valence-corrected chi connectivity index (χ4v) is 2.53. The van der Waals surface area contributed by atoms with E-state index in [1.807, 2.05) is 0 Å². The van der Waals surface area contributed by atoms with Gasteiger partial charge in [-0.3, -0.25) is 5.43 Å². The molecule has 0 aromatic carbocycles. The molecule has 7 nitrogen and oxygen atoms in total. The Kier molecular flexibility index (Phi) is 4.59. The molecule has 0 amide bonds. The molecule has 2 rings (SSSR count). The summed E-state index contributed by atoms with van der Waals surface area (Å²) in [6.07, 6.45) is 4.51. The van der Waals surface area contributed by atoms with Gasteiger partial charge < -0.3 is 10.2 Å². The Morgan fingerprint density at radius 1 is 1.15 bits per heavy atom. The largest absolute Gasteiger partial charge is 0.349 e. The van der Waals surface area contributed by atoms with E-state index >= 15 is 0 Å². The lowest BCUT2D eigenvalue weighted by atomic mass is 9.99. The van der Waals surface area contributed by atoms with Crippen molar-refractivity contribution in [3.63, 3.8) is 0 Å². The molecule has 1 aliphatic heterocycles. The molecule has 20 heavy (non-hydrogen) atoms. The Hall–Kier alpha value is -1.63. The molecule has 1 saturated heterocycles. The van der Waals surface area contributed by atoms with E-state index in [-0.39, 0.29) is 5.54 Å². The third-order valence-electron chi connectivity index (χ3n) is 3.47. The van der Waals surface area contributed by atoms with Crippen LogP contribution in [-0.2, 0) is 0 Å². The Labute approximate surface area is 120 Å². The van der Waals surface area contributed by atoms with Gasteiger partial charge >= 0.3 is 0 Å². The second kappa shape index (κ2) is 6.21. The molecule has 1 aromatic rings. The zero-order valence-electron chi connectivity index (χ0n) is 12.6. The second-order valence-corrected chi connectivity index (χ2v) is 5.88. The number of anilines is 3. The maximum atomic E-state index is 5.46. The number of hydrogen-bond donors (Lipinski definition) is 3. The molecule has 4 N–H and O–H groups in total. The quantitative estimate of drug-likeness (QED) is 0.539. The van der Waals surface area contributed by atoms with Gasteiger partial charge in [-0.2, -0.15) is 15.0 Å². The van der Waals surface area contributed by atoms with Crippen LogP contribution in [0.2, 0.25) is 0 Å². The van der Waals surface area contributed by atoms with E-state index in [4.69, 9.17) is 5.84 Å². The van der Waals surface area contributed by atoms with Gasteiger partial charge in [0, 0.05) is 18.6 Å². The van der Waals surface area contributed by atoms with Crippen molar-refractivity contribution >= 4 is 17.8 Å². The number of hydrazine groups is 1. The van der Waals surface area contributed by atoms with E-state index in [1.165, 1.54) is 12.8 Å². The van der Waals surface area contributed by atoms with Crippen LogP contribution in [-0.4, -0.2) is 33.6 Å². The van der Waals surface area contributed by atoms with Gasteiger partial charge in [-0.15, -0.1) is 0 Å². The van der Waals surface area contributed by atoms with Crippen LogP contribution in [0, 0.1) is 0 Å². The first kappa shape index (κ1) is 14.8. The number of hydrogen-bond acceptors (Lipinski definition) is 7. The molecule has 0 spiro atoms. The van der Waals surface area contributed by atoms with Crippen molar-refractivity contribution in [3.05, 3.63) is 0 Å². The molecule has 0 aliphatic carbocycles. The SMILES string of the molecule is CCCC(C)(C)Nc1nc(NN)nc(N2CCCC2)n1. The van der Waals surface area contributed by atoms with Gasteiger partial charge in [-0.1, -0.05) is 13.3 Å². The van der Waals surface area contributed by atoms with Crippen molar-refractivity contribution in [2.75, 3.05) is 28.7 Å². The minimum Gasteiger partial charge on any atom is -0.349 e. The molecule has 112 valence electrons. The van der Waals surface area contributed by atoms with Crippen LogP contribution < -0.4 is 21.5 Å². The van der Waals surface area contributed by atoms with Crippen molar-refractivity contribution < 1.29 is 0 Å². The Morgan fingerprint density at radius 2 is 1.80 bits per heavy atom. The van der Waals surface area contributed by atoms with Gasteiger partial charge in [0.25, 0.3) is 0 Å². The highest BCUT2D eigenvalue weighted by Gasteiger charge is 2.21. The first-order valence-corrected chi connectivity index (χ1v) is 7.30. The summed E-state index contributed by atoms with van der Waals surface area (Å²) in [5, 5.41) is 3.37. The third kappa shape index (κ3) is 3.69. The Bertz CT molecular complexity index is 440. The van der Waals surface area contributed by atoms with E-state index in [0.717, 1.165) is 25.9 Å². The number of nitrogen functional groups attached to an aromatic ring is 1. The summed E-state index contributed by atoms with van der Waals surface area (Å²) in [6, 6.07) is 0. The molecule has 0 saturated carbocycles. The summed E-state index contributed by atoms with van der Waals surface area (Å²) in [5.74, 6) is 7.13. The number of rotatable bonds is 6. The van der Waals surface area contributed by atoms with E-state index in [9.17, 15) is 0 Å². The zero-order chi connectivity index (χ0) is 14.6. The van der Waals surface area contributed by atoms with Crippen molar-refractivity contribution in [2.45, 2.75) is 52.0 Å². The van der Waals surface area contributed by atoms with Crippen LogP contribution in [0.5, 0.6) is 0 Å². The van der Waals surface area contributed by atoms with Crippen molar-refractivity contribution in [1.29, 1.82) is 0 Å². The maximum Gasteiger partial charge on any atom is 0.243 e. The van der Waals surface area contributed by atoms with Gasteiger partial charge in [-0.25, -0.2) is 5.84 Å². The number of nitrogens with one attached hydrogen (secondary N) is 2. The Balaban J connectivity index is 2.21. The van der Waals surface area contributed by atoms with E-state index in [1.54, 1.807) is 0 Å². The summed E-state index contributed by atoms with van der Waals surface area (Å²) in [5.41, 5.74) is 2.47. The van der Waals surface area contributed by atoms with Crippen LogP contribution in [0.3, 0.4) is 0 Å². The molecular weight excluding hydrogens is 254 g/mol. The molecule has 1 aliphatic rings. The second-order valence-electron chi connectivity index (χ2n) is 5.88. The molecule has 0 atom stereocenters. The fraction of sp³-hybridized carbons (Fsp3) is 0.769. The molecule has 7 heteroatoms. The summed E-state index contributed by atoms with van der Waals surface area (Å²) < 4.78 is 0. The minimum atomic E-state index is -0.0513. The van der Waals surface area contributed by atoms with Crippen LogP contribution in [0.1, 0.15) is 46.5 Å². The molecule has 0 radical (unpaired) electrons. The van der Waals surface area contributed by atoms with Gasteiger partial charge in [0.15, 0.2) is 0 Å². The average Bonchev–Trinajstić information content (AvgIpc) is 2.91. The van der Waals surface area contributed by atoms with Gasteiger partial charge in [0.05, 0.1) is 0 Å². The van der Waals surface area contributed by atoms with E-state index < -0.39 is 0 Å². The average molecular weight is 279 g/mol. The fourth-order valence-electron chi connectivity index (χ4n) is 2.53.